The van der Waals surface area contributed by atoms with Crippen molar-refractivity contribution in [2.45, 2.75) is 13.8 Å². The van der Waals surface area contributed by atoms with Crippen LogP contribution in [0.2, 0.25) is 0 Å². The molecule has 1 rings (SSSR count). The molecule has 0 atom stereocenters. The molecule has 0 aliphatic carbocycles. The minimum Gasteiger partial charge on any atom is -0.460 e. The monoisotopic (exact) mass is 213 g/mol. The Morgan fingerprint density at radius 3 is 2.40 bits per heavy atom. The molecule has 0 saturated heterocycles. The van der Waals surface area contributed by atoms with E-state index in [4.69, 9.17) is 0 Å². The van der Waals surface area contributed by atoms with Gasteiger partial charge in [-0.3, -0.25) is 5.10 Å². The van der Waals surface area contributed by atoms with E-state index < -0.39 is 11.9 Å². The van der Waals surface area contributed by atoms with Crippen molar-refractivity contribution >= 4 is 11.9 Å². The fourth-order valence-electron chi connectivity index (χ4n) is 0.839. The Labute approximate surface area is 85.8 Å². The third-order valence-corrected chi connectivity index (χ3v) is 1.41. The first-order valence-electron chi connectivity index (χ1n) is 4.45. The predicted molar refractivity (Wildman–Crippen MR) is 48.3 cm³/mol. The van der Waals surface area contributed by atoms with Crippen LogP contribution in [0.15, 0.2) is 0 Å². The van der Waals surface area contributed by atoms with Gasteiger partial charge in [-0.1, -0.05) is 0 Å². The predicted octanol–water partition coefficient (Wildman–Crippen LogP) is 0.158. The summed E-state index contributed by atoms with van der Waals surface area (Å²) in [6.07, 6.45) is 0. The summed E-state index contributed by atoms with van der Waals surface area (Å²) in [5.74, 6) is -1.62. The van der Waals surface area contributed by atoms with Crippen LogP contribution in [0, 0.1) is 0 Å². The van der Waals surface area contributed by atoms with Gasteiger partial charge in [-0.15, -0.1) is 5.10 Å². The molecule has 1 N–H and O–H groups in total. The Kier molecular flexibility index (Phi) is 3.78. The molecule has 15 heavy (non-hydrogen) atoms. The van der Waals surface area contributed by atoms with Crippen molar-refractivity contribution in [1.82, 2.24) is 15.2 Å². The number of carbonyl (C=O) groups is 2. The van der Waals surface area contributed by atoms with Crippen LogP contribution in [0.3, 0.4) is 0 Å². The average Bonchev–Trinajstić information content (AvgIpc) is 2.67. The molecule has 0 fully saturated rings. The zero-order chi connectivity index (χ0) is 11.3. The Hall–Kier alpha value is -1.92. The molecule has 0 amide bonds. The zero-order valence-electron chi connectivity index (χ0n) is 8.44. The second kappa shape index (κ2) is 5.08. The maximum absolute atomic E-state index is 11.1. The molecule has 0 aliphatic rings. The van der Waals surface area contributed by atoms with Crippen molar-refractivity contribution in [2.75, 3.05) is 13.2 Å². The standard InChI is InChI=1S/C8H11N3O4/c1-3-14-7(12)5-9-6(11-10-5)8(13)15-4-2/h3-4H2,1-2H3,(H,9,10,11). The number of carbonyl (C=O) groups excluding carboxylic acids is 2. The molecule has 0 saturated carbocycles. The van der Waals surface area contributed by atoms with Crippen LogP contribution in [-0.2, 0) is 9.47 Å². The van der Waals surface area contributed by atoms with E-state index in [1.54, 1.807) is 13.8 Å². The maximum atomic E-state index is 11.1. The van der Waals surface area contributed by atoms with Gasteiger partial charge in [0.25, 0.3) is 5.82 Å². The van der Waals surface area contributed by atoms with E-state index in [1.165, 1.54) is 0 Å². The van der Waals surface area contributed by atoms with Gasteiger partial charge in [0.2, 0.25) is 5.82 Å². The molecule has 7 nitrogen and oxygen atoms in total. The summed E-state index contributed by atoms with van der Waals surface area (Å²) in [6, 6.07) is 0. The van der Waals surface area contributed by atoms with Crippen LogP contribution in [0.4, 0.5) is 0 Å². The van der Waals surface area contributed by atoms with E-state index in [9.17, 15) is 9.59 Å². The first-order chi connectivity index (χ1) is 7.19. The molecule has 0 radical (unpaired) electrons. The lowest BCUT2D eigenvalue weighted by Gasteiger charge is -1.95. The lowest BCUT2D eigenvalue weighted by Crippen LogP contribution is -2.09. The highest BCUT2D eigenvalue weighted by Crippen LogP contribution is 1.97. The number of esters is 2. The van der Waals surface area contributed by atoms with E-state index in [-0.39, 0.29) is 24.9 Å². The van der Waals surface area contributed by atoms with Gasteiger partial charge >= 0.3 is 11.9 Å². The van der Waals surface area contributed by atoms with Gasteiger partial charge in [0.05, 0.1) is 13.2 Å². The molecule has 82 valence electrons. The zero-order valence-corrected chi connectivity index (χ0v) is 8.44. The number of hydrogen-bond donors (Lipinski definition) is 1. The highest BCUT2D eigenvalue weighted by Gasteiger charge is 2.17. The van der Waals surface area contributed by atoms with Gasteiger partial charge < -0.3 is 9.47 Å². The van der Waals surface area contributed by atoms with Crippen molar-refractivity contribution in [3.05, 3.63) is 11.6 Å². The first kappa shape index (κ1) is 11.2. The largest absolute Gasteiger partial charge is 0.460 e. The lowest BCUT2D eigenvalue weighted by atomic mass is 10.6. The van der Waals surface area contributed by atoms with Gasteiger partial charge in [-0.05, 0) is 13.8 Å². The van der Waals surface area contributed by atoms with Gasteiger partial charge in [0.15, 0.2) is 0 Å². The second-order valence-electron chi connectivity index (χ2n) is 2.45. The Morgan fingerprint density at radius 2 is 1.80 bits per heavy atom. The summed E-state index contributed by atoms with van der Waals surface area (Å²) in [5.41, 5.74) is 0. The summed E-state index contributed by atoms with van der Waals surface area (Å²) >= 11 is 0. The second-order valence-corrected chi connectivity index (χ2v) is 2.45. The number of ether oxygens (including phenoxy) is 2. The number of nitrogens with zero attached hydrogens (tertiary/aromatic N) is 2. The van der Waals surface area contributed by atoms with E-state index in [2.05, 4.69) is 24.7 Å². The lowest BCUT2D eigenvalue weighted by molar-refractivity contribution is 0.0511. The van der Waals surface area contributed by atoms with Gasteiger partial charge in [-0.25, -0.2) is 9.59 Å². The first-order valence-corrected chi connectivity index (χ1v) is 4.45. The summed E-state index contributed by atoms with van der Waals surface area (Å²) in [7, 11) is 0. The number of rotatable bonds is 4. The Morgan fingerprint density at radius 1 is 1.20 bits per heavy atom. The number of aromatic amines is 1. The van der Waals surface area contributed by atoms with Crippen molar-refractivity contribution in [1.29, 1.82) is 0 Å². The summed E-state index contributed by atoms with van der Waals surface area (Å²) < 4.78 is 9.30. The third kappa shape index (κ3) is 2.76. The van der Waals surface area contributed by atoms with Crippen LogP contribution in [0.5, 0.6) is 0 Å². The molecule has 1 aromatic rings. The van der Waals surface area contributed by atoms with E-state index in [0.29, 0.717) is 0 Å². The molecule has 0 spiro atoms. The van der Waals surface area contributed by atoms with E-state index >= 15 is 0 Å². The topological polar surface area (TPSA) is 94.2 Å². The molecule has 0 aliphatic heterocycles. The third-order valence-electron chi connectivity index (χ3n) is 1.41. The van der Waals surface area contributed by atoms with Gasteiger partial charge in [0, 0.05) is 0 Å². The molecule has 0 bridgehead atoms. The van der Waals surface area contributed by atoms with E-state index in [0.717, 1.165) is 0 Å². The SMILES string of the molecule is CCOC(=O)c1n[nH]c(C(=O)OCC)n1. The number of hydrogen-bond acceptors (Lipinski definition) is 6. The fraction of sp³-hybridized carbons (Fsp3) is 0.500. The van der Waals surface area contributed by atoms with Crippen molar-refractivity contribution in [2.24, 2.45) is 0 Å². The summed E-state index contributed by atoms with van der Waals surface area (Å²) in [4.78, 5) is 25.9. The fourth-order valence-corrected chi connectivity index (χ4v) is 0.839. The van der Waals surface area contributed by atoms with Crippen LogP contribution in [0.1, 0.15) is 35.1 Å². The average molecular weight is 213 g/mol. The van der Waals surface area contributed by atoms with Gasteiger partial charge in [-0.2, -0.15) is 4.98 Å². The minimum absolute atomic E-state index is 0.111. The molecule has 1 aromatic heterocycles. The number of nitrogens with one attached hydrogen (secondary N) is 1. The Balaban J connectivity index is 2.71. The molecule has 7 heteroatoms. The van der Waals surface area contributed by atoms with E-state index in [1.807, 2.05) is 0 Å². The molecular weight excluding hydrogens is 202 g/mol. The number of H-pyrrole nitrogens is 1. The van der Waals surface area contributed by atoms with Crippen molar-refractivity contribution in [3.8, 4) is 0 Å². The van der Waals surface area contributed by atoms with Gasteiger partial charge in [0.1, 0.15) is 0 Å². The van der Waals surface area contributed by atoms with Crippen molar-refractivity contribution < 1.29 is 19.1 Å². The van der Waals surface area contributed by atoms with Crippen LogP contribution < -0.4 is 0 Å². The van der Waals surface area contributed by atoms with Crippen LogP contribution in [-0.4, -0.2) is 40.3 Å². The summed E-state index contributed by atoms with van der Waals surface area (Å²) in [5, 5.41) is 5.82. The van der Waals surface area contributed by atoms with Crippen LogP contribution in [0.25, 0.3) is 0 Å². The molecule has 1 heterocycles. The minimum atomic E-state index is -0.677. The van der Waals surface area contributed by atoms with Crippen molar-refractivity contribution in [3.63, 3.8) is 0 Å². The maximum Gasteiger partial charge on any atom is 0.378 e. The summed E-state index contributed by atoms with van der Waals surface area (Å²) in [6.45, 7) is 3.79. The van der Waals surface area contributed by atoms with Crippen LogP contribution >= 0.6 is 0 Å². The highest BCUT2D eigenvalue weighted by atomic mass is 16.5. The Bertz CT molecular complexity index is 328. The highest BCUT2D eigenvalue weighted by molar-refractivity contribution is 5.89. The molecular formula is C8H11N3O4. The molecule has 0 unspecified atom stereocenters. The normalized spacial score (nSPS) is 9.73. The quantitative estimate of drug-likeness (QED) is 0.716. The molecule has 0 aromatic carbocycles. The number of aromatic nitrogens is 3. The smallest absolute Gasteiger partial charge is 0.378 e.